The summed E-state index contributed by atoms with van der Waals surface area (Å²) in [4.78, 5) is 33.3. The second kappa shape index (κ2) is 12.9. The molecule has 4 heterocycles. The van der Waals surface area contributed by atoms with E-state index < -0.39 is 24.9 Å². The quantitative estimate of drug-likeness (QED) is 0.373. The predicted octanol–water partition coefficient (Wildman–Crippen LogP) is 4.89. The highest BCUT2D eigenvalue weighted by Gasteiger charge is 2.29. The summed E-state index contributed by atoms with van der Waals surface area (Å²) < 4.78 is 39.1. The molecule has 0 unspecified atom stereocenters. The summed E-state index contributed by atoms with van der Waals surface area (Å²) >= 11 is 0. The summed E-state index contributed by atoms with van der Waals surface area (Å²) in [5.41, 5.74) is 3.75. The number of fused-ring (bicyclic) bond motifs is 1. The Morgan fingerprint density at radius 2 is 1.93 bits per heavy atom. The smallest absolute Gasteiger partial charge is 0.351 e. The maximum Gasteiger partial charge on any atom is 0.389 e. The molecule has 2 aromatic heterocycles. The Morgan fingerprint density at radius 1 is 1.12 bits per heavy atom. The zero-order valence-corrected chi connectivity index (χ0v) is 23.7. The van der Waals surface area contributed by atoms with E-state index in [-0.39, 0.29) is 12.5 Å². The van der Waals surface area contributed by atoms with Crippen LogP contribution in [0.25, 0.3) is 11.2 Å². The highest BCUT2D eigenvalue weighted by molar-refractivity contribution is 5.94. The lowest BCUT2D eigenvalue weighted by Crippen LogP contribution is -2.40. The molecule has 3 aromatic rings. The van der Waals surface area contributed by atoms with E-state index in [9.17, 15) is 22.8 Å². The monoisotopic (exact) mass is 583 g/mol. The molecule has 1 fully saturated rings. The number of carbonyl (C=O) groups is 2. The molecule has 0 aliphatic carbocycles. The van der Waals surface area contributed by atoms with Crippen LogP contribution in [0.2, 0.25) is 0 Å². The molecule has 12 heteroatoms. The number of rotatable bonds is 9. The number of carbonyl (C=O) groups excluding carboxylic acids is 2. The molecule has 224 valence electrons. The van der Waals surface area contributed by atoms with Crippen molar-refractivity contribution in [1.29, 1.82) is 0 Å². The standard InChI is InChI=1S/C30H36F3N7O2/c1-21-4-2-15-38(20-21)19-14-34-28(42)23-6-8-24(9-7-23)35-29-36-27-25(5-3-16-40(27)37-29)22-11-17-39(18-12-22)26(41)10-13-30(31,32)33/h3,5-9,11,16,21H,2,4,10,12-15,17-20H2,1H3,(H,34,42)(H,35,37)/t21-/m0/s1. The van der Waals surface area contributed by atoms with E-state index in [4.69, 9.17) is 0 Å². The van der Waals surface area contributed by atoms with Gasteiger partial charge in [-0.2, -0.15) is 18.2 Å². The van der Waals surface area contributed by atoms with Gasteiger partial charge in [-0.1, -0.05) is 13.0 Å². The maximum absolute atomic E-state index is 12.6. The number of aromatic nitrogens is 3. The fraction of sp³-hybridized carbons (Fsp3) is 0.467. The van der Waals surface area contributed by atoms with E-state index in [0.717, 1.165) is 36.5 Å². The van der Waals surface area contributed by atoms with Crippen molar-refractivity contribution >= 4 is 34.7 Å². The van der Waals surface area contributed by atoms with E-state index >= 15 is 0 Å². The lowest BCUT2D eigenvalue weighted by atomic mass is 10.00. The number of halogens is 3. The Morgan fingerprint density at radius 3 is 2.64 bits per heavy atom. The van der Waals surface area contributed by atoms with Crippen molar-refractivity contribution in [1.82, 2.24) is 29.7 Å². The maximum atomic E-state index is 12.6. The minimum absolute atomic E-state index is 0.108. The fourth-order valence-corrected chi connectivity index (χ4v) is 5.51. The van der Waals surface area contributed by atoms with Gasteiger partial charge in [-0.15, -0.1) is 5.10 Å². The summed E-state index contributed by atoms with van der Waals surface area (Å²) in [6.45, 7) is 6.51. The molecular formula is C30H36F3N7O2. The Kier molecular flexibility index (Phi) is 9.10. The van der Waals surface area contributed by atoms with E-state index in [1.54, 1.807) is 22.8 Å². The average Bonchev–Trinajstić information content (AvgIpc) is 3.38. The molecule has 0 spiro atoms. The summed E-state index contributed by atoms with van der Waals surface area (Å²) in [5, 5.41) is 10.7. The fourth-order valence-electron chi connectivity index (χ4n) is 5.51. The van der Waals surface area contributed by atoms with Gasteiger partial charge in [0.1, 0.15) is 0 Å². The largest absolute Gasteiger partial charge is 0.389 e. The predicted molar refractivity (Wildman–Crippen MR) is 154 cm³/mol. The van der Waals surface area contributed by atoms with Crippen LogP contribution in [-0.4, -0.2) is 81.7 Å². The first-order valence-corrected chi connectivity index (χ1v) is 14.4. The van der Waals surface area contributed by atoms with Crippen LogP contribution in [-0.2, 0) is 4.79 Å². The Bertz CT molecular complexity index is 1430. The van der Waals surface area contributed by atoms with Crippen molar-refractivity contribution in [2.75, 3.05) is 44.6 Å². The van der Waals surface area contributed by atoms with Crippen LogP contribution >= 0.6 is 0 Å². The molecule has 1 aromatic carbocycles. The number of alkyl halides is 3. The summed E-state index contributed by atoms with van der Waals surface area (Å²) in [5.74, 6) is 0.488. The number of likely N-dealkylation sites (tertiary alicyclic amines) is 1. The van der Waals surface area contributed by atoms with Crippen LogP contribution in [0.3, 0.4) is 0 Å². The molecule has 2 amide bonds. The number of anilines is 2. The van der Waals surface area contributed by atoms with Gasteiger partial charge < -0.3 is 20.4 Å². The van der Waals surface area contributed by atoms with Gasteiger partial charge in [0.25, 0.3) is 5.91 Å². The molecule has 2 N–H and O–H groups in total. The molecule has 0 bridgehead atoms. The van der Waals surface area contributed by atoms with Crippen molar-refractivity contribution in [2.45, 2.75) is 45.2 Å². The van der Waals surface area contributed by atoms with Crippen LogP contribution in [0.4, 0.5) is 24.8 Å². The van der Waals surface area contributed by atoms with Crippen LogP contribution in [0.1, 0.15) is 54.9 Å². The van der Waals surface area contributed by atoms with Gasteiger partial charge in [0.15, 0.2) is 5.65 Å². The lowest BCUT2D eigenvalue weighted by molar-refractivity contribution is -0.148. The van der Waals surface area contributed by atoms with Gasteiger partial charge in [0.05, 0.1) is 6.42 Å². The average molecular weight is 584 g/mol. The number of nitrogens with one attached hydrogen (secondary N) is 2. The Hall–Kier alpha value is -3.93. The zero-order valence-electron chi connectivity index (χ0n) is 23.7. The van der Waals surface area contributed by atoms with Crippen molar-refractivity contribution < 1.29 is 22.8 Å². The molecule has 2 aliphatic heterocycles. The third-order valence-electron chi connectivity index (χ3n) is 7.75. The highest BCUT2D eigenvalue weighted by atomic mass is 19.4. The number of benzene rings is 1. The van der Waals surface area contributed by atoms with Crippen LogP contribution in [0.15, 0.2) is 48.7 Å². The van der Waals surface area contributed by atoms with E-state index in [1.165, 1.54) is 17.7 Å². The van der Waals surface area contributed by atoms with Gasteiger partial charge in [0, 0.05) is 62.2 Å². The Labute approximate surface area is 242 Å². The van der Waals surface area contributed by atoms with Crippen LogP contribution < -0.4 is 10.6 Å². The number of pyridine rings is 1. The minimum Gasteiger partial charge on any atom is -0.351 e. The number of hydrogen-bond acceptors (Lipinski definition) is 6. The SMILES string of the molecule is C[C@H]1CCCN(CCNC(=O)c2ccc(Nc3nc4c(C5=CCN(C(=O)CCC(F)(F)F)CC5)cccn4n3)cc2)C1. The zero-order chi connectivity index (χ0) is 29.7. The van der Waals surface area contributed by atoms with Crippen molar-refractivity contribution in [3.63, 3.8) is 0 Å². The third-order valence-corrected chi connectivity index (χ3v) is 7.75. The van der Waals surface area contributed by atoms with Crippen molar-refractivity contribution in [3.8, 4) is 0 Å². The first-order chi connectivity index (χ1) is 20.1. The lowest BCUT2D eigenvalue weighted by Gasteiger charge is -2.30. The highest BCUT2D eigenvalue weighted by Crippen LogP contribution is 2.28. The normalized spacial score (nSPS) is 18.1. The molecule has 0 saturated carbocycles. The van der Waals surface area contributed by atoms with Crippen molar-refractivity contribution in [3.05, 3.63) is 59.8 Å². The number of amides is 2. The molecular weight excluding hydrogens is 547 g/mol. The summed E-state index contributed by atoms with van der Waals surface area (Å²) in [6, 6.07) is 10.9. The summed E-state index contributed by atoms with van der Waals surface area (Å²) in [7, 11) is 0. The Balaban J connectivity index is 1.17. The van der Waals surface area contributed by atoms with Crippen LogP contribution in [0.5, 0.6) is 0 Å². The molecule has 1 saturated heterocycles. The molecule has 42 heavy (non-hydrogen) atoms. The van der Waals surface area contributed by atoms with Crippen LogP contribution in [0, 0.1) is 5.92 Å². The van der Waals surface area contributed by atoms with Crippen molar-refractivity contribution in [2.24, 2.45) is 5.92 Å². The molecule has 9 nitrogen and oxygen atoms in total. The molecule has 2 aliphatic rings. The first-order valence-electron chi connectivity index (χ1n) is 14.4. The van der Waals surface area contributed by atoms with E-state index in [1.807, 2.05) is 30.3 Å². The van der Waals surface area contributed by atoms with Gasteiger partial charge in [-0.3, -0.25) is 9.59 Å². The minimum atomic E-state index is -4.34. The second-order valence-electron chi connectivity index (χ2n) is 11.1. The van der Waals surface area contributed by atoms with Gasteiger partial charge in [-0.05, 0) is 73.7 Å². The van der Waals surface area contributed by atoms with Gasteiger partial charge in [-0.25, -0.2) is 4.52 Å². The molecule has 1 atom stereocenters. The number of piperidine rings is 1. The molecule has 0 radical (unpaired) electrons. The molecule has 5 rings (SSSR count). The van der Waals surface area contributed by atoms with Gasteiger partial charge in [0.2, 0.25) is 11.9 Å². The first kappa shape index (κ1) is 29.6. The number of hydrogen-bond donors (Lipinski definition) is 2. The topological polar surface area (TPSA) is 94.9 Å². The third kappa shape index (κ3) is 7.67. The van der Waals surface area contributed by atoms with Gasteiger partial charge >= 0.3 is 6.18 Å². The second-order valence-corrected chi connectivity index (χ2v) is 11.1. The summed E-state index contributed by atoms with van der Waals surface area (Å²) in [6.07, 6.45) is 0.648. The number of nitrogens with zero attached hydrogens (tertiary/aromatic N) is 5. The van der Waals surface area contributed by atoms with E-state index in [0.29, 0.717) is 42.6 Å². The van der Waals surface area contributed by atoms with E-state index in [2.05, 4.69) is 32.5 Å².